The summed E-state index contributed by atoms with van der Waals surface area (Å²) < 4.78 is 0. The number of carbonyl (C=O) groups excluding carboxylic acids is 1. The molecule has 0 atom stereocenters. The van der Waals surface area contributed by atoms with E-state index in [4.69, 9.17) is 0 Å². The van der Waals surface area contributed by atoms with E-state index in [9.17, 15) is 4.79 Å². The highest BCUT2D eigenvalue weighted by Crippen LogP contribution is 2.20. The molecule has 1 aliphatic rings. The van der Waals surface area contributed by atoms with Crippen LogP contribution in [-0.4, -0.2) is 27.3 Å². The third-order valence-corrected chi connectivity index (χ3v) is 4.01. The Kier molecular flexibility index (Phi) is 2.74. The van der Waals surface area contributed by atoms with E-state index in [-0.39, 0.29) is 5.91 Å². The molecule has 4 rings (SSSR count). The minimum absolute atomic E-state index is 0.0562. The fourth-order valence-corrected chi connectivity index (χ4v) is 2.90. The molecule has 0 unspecified atom stereocenters. The molecule has 0 saturated carbocycles. The van der Waals surface area contributed by atoms with Gasteiger partial charge in [0.1, 0.15) is 5.69 Å². The summed E-state index contributed by atoms with van der Waals surface area (Å²) in [7, 11) is 0. The number of pyridine rings is 1. The highest BCUT2D eigenvalue weighted by molar-refractivity contribution is 5.98. The summed E-state index contributed by atoms with van der Waals surface area (Å²) >= 11 is 0. The lowest BCUT2D eigenvalue weighted by molar-refractivity contribution is 0.0728. The molecule has 0 fully saturated rings. The molecule has 4 nitrogen and oxygen atoms in total. The SMILES string of the molecule is O=C(c1cc2ccccc2[nH]1)N1CCc2ncccc2C1. The van der Waals surface area contributed by atoms with Crippen LogP contribution in [0.5, 0.6) is 0 Å². The third-order valence-electron chi connectivity index (χ3n) is 4.01. The Balaban J connectivity index is 1.63. The van der Waals surface area contributed by atoms with Gasteiger partial charge in [0, 0.05) is 42.3 Å². The number of para-hydroxylation sites is 1. The van der Waals surface area contributed by atoms with Crippen molar-refractivity contribution < 1.29 is 4.79 Å². The van der Waals surface area contributed by atoms with E-state index in [2.05, 4.69) is 9.97 Å². The van der Waals surface area contributed by atoms with Crippen LogP contribution in [0.2, 0.25) is 0 Å². The van der Waals surface area contributed by atoms with Crippen molar-refractivity contribution in [2.24, 2.45) is 0 Å². The number of hydrogen-bond donors (Lipinski definition) is 1. The predicted molar refractivity (Wildman–Crippen MR) is 81.0 cm³/mol. The topological polar surface area (TPSA) is 49.0 Å². The van der Waals surface area contributed by atoms with E-state index in [0.29, 0.717) is 12.2 Å². The summed E-state index contributed by atoms with van der Waals surface area (Å²) in [5.41, 5.74) is 3.91. The zero-order chi connectivity index (χ0) is 14.2. The van der Waals surface area contributed by atoms with Crippen molar-refractivity contribution in [3.63, 3.8) is 0 Å². The maximum absolute atomic E-state index is 12.7. The zero-order valence-corrected chi connectivity index (χ0v) is 11.5. The molecule has 3 aromatic rings. The second-order valence-electron chi connectivity index (χ2n) is 5.36. The van der Waals surface area contributed by atoms with Crippen molar-refractivity contribution in [2.45, 2.75) is 13.0 Å². The summed E-state index contributed by atoms with van der Waals surface area (Å²) in [4.78, 5) is 22.1. The number of aromatic amines is 1. The molecule has 104 valence electrons. The second kappa shape index (κ2) is 4.74. The molecule has 0 spiro atoms. The standard InChI is InChI=1S/C17H15N3O/c21-17(16-10-12-4-1-2-6-15(12)19-16)20-9-7-14-13(11-20)5-3-8-18-14/h1-6,8,10,19H,7,9,11H2. The minimum atomic E-state index is 0.0562. The highest BCUT2D eigenvalue weighted by atomic mass is 16.2. The molecule has 4 heteroatoms. The molecule has 1 aromatic carbocycles. The maximum Gasteiger partial charge on any atom is 0.270 e. The fraction of sp³-hybridized carbons (Fsp3) is 0.176. The Hall–Kier alpha value is -2.62. The van der Waals surface area contributed by atoms with Gasteiger partial charge in [-0.3, -0.25) is 9.78 Å². The molecule has 21 heavy (non-hydrogen) atoms. The van der Waals surface area contributed by atoms with Crippen molar-refractivity contribution >= 4 is 16.8 Å². The largest absolute Gasteiger partial charge is 0.351 e. The average molecular weight is 277 g/mol. The van der Waals surface area contributed by atoms with Crippen LogP contribution >= 0.6 is 0 Å². The van der Waals surface area contributed by atoms with Crippen LogP contribution in [0.25, 0.3) is 10.9 Å². The molecule has 1 N–H and O–H groups in total. The quantitative estimate of drug-likeness (QED) is 0.743. The first-order chi connectivity index (χ1) is 10.3. The smallest absolute Gasteiger partial charge is 0.270 e. The number of carbonyl (C=O) groups is 1. The van der Waals surface area contributed by atoms with Crippen molar-refractivity contribution in [2.75, 3.05) is 6.54 Å². The van der Waals surface area contributed by atoms with Gasteiger partial charge in [0.25, 0.3) is 5.91 Å². The van der Waals surface area contributed by atoms with E-state index in [1.807, 2.05) is 53.6 Å². The van der Waals surface area contributed by atoms with Crippen molar-refractivity contribution in [1.29, 1.82) is 0 Å². The molecule has 1 amide bonds. The Morgan fingerprint density at radius 1 is 1.19 bits per heavy atom. The zero-order valence-electron chi connectivity index (χ0n) is 11.5. The molecular weight excluding hydrogens is 262 g/mol. The lowest BCUT2D eigenvalue weighted by atomic mass is 10.1. The number of nitrogens with one attached hydrogen (secondary N) is 1. The van der Waals surface area contributed by atoms with Crippen LogP contribution < -0.4 is 0 Å². The molecular formula is C17H15N3O. The van der Waals surface area contributed by atoms with Crippen LogP contribution in [0.15, 0.2) is 48.7 Å². The first-order valence-electron chi connectivity index (χ1n) is 7.11. The number of benzene rings is 1. The van der Waals surface area contributed by atoms with Gasteiger partial charge in [-0.2, -0.15) is 0 Å². The molecule has 0 saturated heterocycles. The van der Waals surface area contributed by atoms with E-state index < -0.39 is 0 Å². The third kappa shape index (κ3) is 2.09. The Labute approximate surface area is 122 Å². The summed E-state index contributed by atoms with van der Waals surface area (Å²) in [6.07, 6.45) is 2.64. The molecule has 1 aliphatic heterocycles. The molecule has 3 heterocycles. The minimum Gasteiger partial charge on any atom is -0.351 e. The van der Waals surface area contributed by atoms with Gasteiger partial charge in [0.15, 0.2) is 0 Å². The number of aromatic nitrogens is 2. The van der Waals surface area contributed by atoms with E-state index in [0.717, 1.165) is 35.1 Å². The Morgan fingerprint density at radius 3 is 3.00 bits per heavy atom. The second-order valence-corrected chi connectivity index (χ2v) is 5.36. The fourth-order valence-electron chi connectivity index (χ4n) is 2.90. The van der Waals surface area contributed by atoms with Crippen LogP contribution in [0.4, 0.5) is 0 Å². The van der Waals surface area contributed by atoms with Crippen molar-refractivity contribution in [3.8, 4) is 0 Å². The van der Waals surface area contributed by atoms with Gasteiger partial charge in [-0.05, 0) is 23.8 Å². The summed E-state index contributed by atoms with van der Waals surface area (Å²) in [5.74, 6) is 0.0562. The first kappa shape index (κ1) is 12.1. The first-order valence-corrected chi connectivity index (χ1v) is 7.11. The van der Waals surface area contributed by atoms with Crippen LogP contribution in [0.3, 0.4) is 0 Å². The van der Waals surface area contributed by atoms with Gasteiger partial charge in [0.05, 0.1) is 0 Å². The van der Waals surface area contributed by atoms with Crippen molar-refractivity contribution in [3.05, 3.63) is 65.6 Å². The molecule has 0 aliphatic carbocycles. The Morgan fingerprint density at radius 2 is 2.10 bits per heavy atom. The summed E-state index contributed by atoms with van der Waals surface area (Å²) in [6, 6.07) is 13.8. The lowest BCUT2D eigenvalue weighted by Gasteiger charge is -2.27. The lowest BCUT2D eigenvalue weighted by Crippen LogP contribution is -2.36. The van der Waals surface area contributed by atoms with Gasteiger partial charge in [-0.1, -0.05) is 24.3 Å². The predicted octanol–water partition coefficient (Wildman–Crippen LogP) is 2.76. The van der Waals surface area contributed by atoms with E-state index >= 15 is 0 Å². The maximum atomic E-state index is 12.7. The monoisotopic (exact) mass is 277 g/mol. The number of amides is 1. The van der Waals surface area contributed by atoms with Gasteiger partial charge in [0.2, 0.25) is 0 Å². The number of fused-ring (bicyclic) bond motifs is 2. The average Bonchev–Trinajstić information content (AvgIpc) is 2.97. The normalized spacial score (nSPS) is 14.2. The van der Waals surface area contributed by atoms with E-state index in [1.54, 1.807) is 0 Å². The van der Waals surface area contributed by atoms with E-state index in [1.165, 1.54) is 0 Å². The molecule has 0 bridgehead atoms. The van der Waals surface area contributed by atoms with Crippen LogP contribution in [0, 0.1) is 0 Å². The van der Waals surface area contributed by atoms with Gasteiger partial charge in [-0.25, -0.2) is 0 Å². The molecule has 0 radical (unpaired) electrons. The van der Waals surface area contributed by atoms with Gasteiger partial charge in [-0.15, -0.1) is 0 Å². The Bertz CT molecular complexity index is 789. The van der Waals surface area contributed by atoms with Crippen LogP contribution in [0.1, 0.15) is 21.7 Å². The number of nitrogens with zero attached hydrogens (tertiary/aromatic N) is 2. The molecule has 2 aromatic heterocycles. The highest BCUT2D eigenvalue weighted by Gasteiger charge is 2.23. The van der Waals surface area contributed by atoms with Crippen LogP contribution in [-0.2, 0) is 13.0 Å². The number of rotatable bonds is 1. The van der Waals surface area contributed by atoms with Crippen molar-refractivity contribution in [1.82, 2.24) is 14.9 Å². The summed E-state index contributed by atoms with van der Waals surface area (Å²) in [5, 5.41) is 1.07. The van der Waals surface area contributed by atoms with Gasteiger partial charge >= 0.3 is 0 Å². The summed E-state index contributed by atoms with van der Waals surface area (Å²) in [6.45, 7) is 1.36. The number of hydrogen-bond acceptors (Lipinski definition) is 2. The number of H-pyrrole nitrogens is 1. The van der Waals surface area contributed by atoms with Gasteiger partial charge < -0.3 is 9.88 Å².